The number of fused-ring (bicyclic) bond motifs is 1. The molecule has 23 heavy (non-hydrogen) atoms. The highest BCUT2D eigenvalue weighted by Gasteiger charge is 2.41. The van der Waals surface area contributed by atoms with Gasteiger partial charge < -0.3 is 5.32 Å². The van der Waals surface area contributed by atoms with E-state index in [4.69, 9.17) is 0 Å². The molecule has 6 nitrogen and oxygen atoms in total. The number of hydrogen-bond acceptors (Lipinski definition) is 4. The molecule has 124 valence electrons. The minimum absolute atomic E-state index is 0.110. The molecule has 2 aromatic heterocycles. The molecule has 1 saturated heterocycles. The van der Waals surface area contributed by atoms with Crippen LogP contribution in [0, 0.1) is 0 Å². The standard InChI is InChI=1S/C16H22N4O2S/c21-23(22,15-6-7-15)19-8-3-4-14(12-19)17-10-13-11-18-20-9-2-1-5-16(13)20/h1-2,5,9,11,14-15,17H,3-4,6-8,10,12H2/t14-/m1/s1. The fourth-order valence-corrected chi connectivity index (χ4v) is 5.22. The van der Waals surface area contributed by atoms with Gasteiger partial charge in [-0.15, -0.1) is 0 Å². The third-order valence-electron chi connectivity index (χ3n) is 4.78. The topological polar surface area (TPSA) is 66.7 Å². The summed E-state index contributed by atoms with van der Waals surface area (Å²) < 4.78 is 28.3. The van der Waals surface area contributed by atoms with Gasteiger partial charge in [-0.05, 0) is 37.8 Å². The highest BCUT2D eigenvalue weighted by Crippen LogP contribution is 2.32. The zero-order valence-electron chi connectivity index (χ0n) is 13.1. The normalized spacial score (nSPS) is 23.4. The van der Waals surface area contributed by atoms with Crippen LogP contribution in [0.3, 0.4) is 0 Å². The molecule has 1 aliphatic carbocycles. The molecular weight excluding hydrogens is 312 g/mol. The first-order valence-corrected chi connectivity index (χ1v) is 9.78. The summed E-state index contributed by atoms with van der Waals surface area (Å²) in [4.78, 5) is 0. The van der Waals surface area contributed by atoms with Crippen molar-refractivity contribution >= 4 is 15.5 Å². The fourth-order valence-electron chi connectivity index (χ4n) is 3.29. The molecule has 2 aliphatic rings. The van der Waals surface area contributed by atoms with Crippen LogP contribution in [0.25, 0.3) is 5.52 Å². The van der Waals surface area contributed by atoms with Gasteiger partial charge in [-0.3, -0.25) is 0 Å². The van der Waals surface area contributed by atoms with E-state index in [0.717, 1.165) is 43.3 Å². The second-order valence-electron chi connectivity index (χ2n) is 6.52. The van der Waals surface area contributed by atoms with Gasteiger partial charge >= 0.3 is 0 Å². The lowest BCUT2D eigenvalue weighted by molar-refractivity contribution is 0.282. The molecule has 1 N–H and O–H groups in total. The van der Waals surface area contributed by atoms with Crippen molar-refractivity contribution in [2.24, 2.45) is 0 Å². The second kappa shape index (κ2) is 5.89. The number of hydrogen-bond donors (Lipinski definition) is 1. The van der Waals surface area contributed by atoms with E-state index in [1.807, 2.05) is 29.0 Å². The van der Waals surface area contributed by atoms with Crippen molar-refractivity contribution in [3.05, 3.63) is 36.2 Å². The van der Waals surface area contributed by atoms with Crippen molar-refractivity contribution < 1.29 is 8.42 Å². The number of nitrogens with one attached hydrogen (secondary N) is 1. The third kappa shape index (κ3) is 3.00. The van der Waals surface area contributed by atoms with Gasteiger partial charge in [0.2, 0.25) is 10.0 Å². The number of sulfonamides is 1. The van der Waals surface area contributed by atoms with Gasteiger partial charge in [0.1, 0.15) is 0 Å². The molecule has 2 fully saturated rings. The third-order valence-corrected chi connectivity index (χ3v) is 7.14. The molecule has 7 heteroatoms. The fraction of sp³-hybridized carbons (Fsp3) is 0.562. The molecule has 4 rings (SSSR count). The monoisotopic (exact) mass is 334 g/mol. The van der Waals surface area contributed by atoms with Crippen molar-refractivity contribution in [1.82, 2.24) is 19.2 Å². The van der Waals surface area contributed by atoms with E-state index >= 15 is 0 Å². The maximum Gasteiger partial charge on any atom is 0.217 e. The SMILES string of the molecule is O=S(=O)(C1CC1)N1CCC[C@@H](NCc2cnn3ccccc23)C1. The van der Waals surface area contributed by atoms with Gasteiger partial charge in [0, 0.05) is 37.4 Å². The Morgan fingerprint density at radius 1 is 1.26 bits per heavy atom. The molecule has 0 bridgehead atoms. The molecule has 3 heterocycles. The summed E-state index contributed by atoms with van der Waals surface area (Å²) in [5.41, 5.74) is 2.24. The number of piperidine rings is 1. The molecular formula is C16H22N4O2S. The Balaban J connectivity index is 1.41. The first-order valence-electron chi connectivity index (χ1n) is 8.28. The summed E-state index contributed by atoms with van der Waals surface area (Å²) in [7, 11) is -3.05. The Labute approximate surface area is 136 Å². The highest BCUT2D eigenvalue weighted by atomic mass is 32.2. The van der Waals surface area contributed by atoms with E-state index in [-0.39, 0.29) is 11.3 Å². The van der Waals surface area contributed by atoms with Crippen LogP contribution in [0.15, 0.2) is 30.6 Å². The molecule has 0 radical (unpaired) electrons. The predicted molar refractivity (Wildman–Crippen MR) is 88.6 cm³/mol. The Morgan fingerprint density at radius 2 is 2.13 bits per heavy atom. The van der Waals surface area contributed by atoms with Crippen LogP contribution in [-0.2, 0) is 16.6 Å². The van der Waals surface area contributed by atoms with Crippen LogP contribution >= 0.6 is 0 Å². The smallest absolute Gasteiger partial charge is 0.217 e. The lowest BCUT2D eigenvalue weighted by Gasteiger charge is -2.32. The molecule has 0 unspecified atom stereocenters. The number of rotatable bonds is 5. The average Bonchev–Trinajstić information content (AvgIpc) is 3.35. The van der Waals surface area contributed by atoms with Gasteiger partial charge in [0.05, 0.1) is 17.0 Å². The van der Waals surface area contributed by atoms with Crippen LogP contribution in [0.1, 0.15) is 31.2 Å². The maximum atomic E-state index is 12.4. The van der Waals surface area contributed by atoms with E-state index in [2.05, 4.69) is 16.5 Å². The first kappa shape index (κ1) is 15.1. The summed E-state index contributed by atoms with van der Waals surface area (Å²) in [6.07, 6.45) is 7.43. The maximum absolute atomic E-state index is 12.4. The van der Waals surface area contributed by atoms with E-state index in [0.29, 0.717) is 13.1 Å². The number of aromatic nitrogens is 2. The summed E-state index contributed by atoms with van der Waals surface area (Å²) in [5, 5.41) is 7.75. The molecule has 1 atom stereocenters. The first-order chi connectivity index (χ1) is 11.1. The summed E-state index contributed by atoms with van der Waals surface area (Å²) >= 11 is 0. The van der Waals surface area contributed by atoms with Gasteiger partial charge in [-0.2, -0.15) is 5.10 Å². The van der Waals surface area contributed by atoms with Crippen LogP contribution in [0.4, 0.5) is 0 Å². The quantitative estimate of drug-likeness (QED) is 0.897. The van der Waals surface area contributed by atoms with Gasteiger partial charge in [0.25, 0.3) is 0 Å². The molecule has 0 spiro atoms. The van der Waals surface area contributed by atoms with Crippen LogP contribution in [0.2, 0.25) is 0 Å². The van der Waals surface area contributed by atoms with Crippen molar-refractivity contribution in [2.45, 2.75) is 43.5 Å². The molecule has 0 amide bonds. The Morgan fingerprint density at radius 3 is 2.96 bits per heavy atom. The highest BCUT2D eigenvalue weighted by molar-refractivity contribution is 7.90. The molecule has 2 aromatic rings. The Bertz CT molecular complexity index is 797. The van der Waals surface area contributed by atoms with E-state index in [9.17, 15) is 8.42 Å². The van der Waals surface area contributed by atoms with E-state index < -0.39 is 10.0 Å². The minimum Gasteiger partial charge on any atom is -0.308 e. The minimum atomic E-state index is -3.05. The average molecular weight is 334 g/mol. The van der Waals surface area contributed by atoms with Gasteiger partial charge in [-0.1, -0.05) is 6.07 Å². The second-order valence-corrected chi connectivity index (χ2v) is 8.74. The van der Waals surface area contributed by atoms with Gasteiger partial charge in [-0.25, -0.2) is 17.2 Å². The number of pyridine rings is 1. The number of nitrogens with zero attached hydrogens (tertiary/aromatic N) is 3. The summed E-state index contributed by atoms with van der Waals surface area (Å²) in [6, 6.07) is 6.23. The van der Waals surface area contributed by atoms with Crippen molar-refractivity contribution in [3.8, 4) is 0 Å². The van der Waals surface area contributed by atoms with Gasteiger partial charge in [0.15, 0.2) is 0 Å². The van der Waals surface area contributed by atoms with Crippen LogP contribution in [0.5, 0.6) is 0 Å². The van der Waals surface area contributed by atoms with E-state index in [1.54, 1.807) is 4.31 Å². The largest absolute Gasteiger partial charge is 0.308 e. The molecule has 0 aromatic carbocycles. The molecule has 1 saturated carbocycles. The lowest BCUT2D eigenvalue weighted by atomic mass is 10.1. The summed E-state index contributed by atoms with van der Waals surface area (Å²) in [5.74, 6) is 0. The van der Waals surface area contributed by atoms with Crippen LogP contribution < -0.4 is 5.32 Å². The van der Waals surface area contributed by atoms with Crippen molar-refractivity contribution in [1.29, 1.82) is 0 Å². The molecule has 1 aliphatic heterocycles. The zero-order chi connectivity index (χ0) is 15.9. The predicted octanol–water partition coefficient (Wildman–Crippen LogP) is 1.38. The van der Waals surface area contributed by atoms with E-state index in [1.165, 1.54) is 0 Å². The Kier molecular flexibility index (Phi) is 3.87. The Hall–Kier alpha value is -1.44. The summed E-state index contributed by atoms with van der Waals surface area (Å²) in [6.45, 7) is 1.99. The lowest BCUT2D eigenvalue weighted by Crippen LogP contribution is -2.48. The van der Waals surface area contributed by atoms with Crippen molar-refractivity contribution in [3.63, 3.8) is 0 Å². The zero-order valence-corrected chi connectivity index (χ0v) is 13.9. The van der Waals surface area contributed by atoms with Crippen LogP contribution in [-0.4, -0.2) is 46.7 Å². The van der Waals surface area contributed by atoms with Crippen molar-refractivity contribution in [2.75, 3.05) is 13.1 Å².